The van der Waals surface area contributed by atoms with Gasteiger partial charge >= 0.3 is 6.03 Å². The fraction of sp³-hybridized carbons (Fsp3) is 0.167. The van der Waals surface area contributed by atoms with Gasteiger partial charge in [0.25, 0.3) is 0 Å². The molecule has 2 rings (SSSR count). The third-order valence-electron chi connectivity index (χ3n) is 3.28. The molecular formula is C18H19BrN2O. The number of carbonyl (C=O) groups excluding carboxylic acids is 1. The molecule has 0 aliphatic rings. The van der Waals surface area contributed by atoms with E-state index in [2.05, 4.69) is 38.7 Å². The summed E-state index contributed by atoms with van der Waals surface area (Å²) < 4.78 is 1.03. The maximum absolute atomic E-state index is 12.0. The number of halogens is 1. The molecule has 0 radical (unpaired) electrons. The minimum atomic E-state index is -0.247. The second-order valence-corrected chi connectivity index (χ2v) is 6.17. The van der Waals surface area contributed by atoms with Gasteiger partial charge in [0.2, 0.25) is 0 Å². The highest BCUT2D eigenvalue weighted by Gasteiger charge is 2.06. The minimum Gasteiger partial charge on any atom is -0.314 e. The minimum absolute atomic E-state index is 0.247. The molecule has 114 valence electrons. The van der Waals surface area contributed by atoms with Crippen molar-refractivity contribution in [2.45, 2.75) is 20.8 Å². The lowest BCUT2D eigenvalue weighted by atomic mass is 10.1. The van der Waals surface area contributed by atoms with E-state index in [1.165, 1.54) is 5.56 Å². The van der Waals surface area contributed by atoms with Crippen LogP contribution in [0.5, 0.6) is 0 Å². The second-order valence-electron chi connectivity index (χ2n) is 5.26. The van der Waals surface area contributed by atoms with Crippen molar-refractivity contribution in [1.82, 2.24) is 5.32 Å². The van der Waals surface area contributed by atoms with Crippen LogP contribution in [0.25, 0.3) is 6.08 Å². The topological polar surface area (TPSA) is 41.1 Å². The Kier molecular flexibility index (Phi) is 5.39. The number of anilines is 1. The number of hydrogen-bond acceptors (Lipinski definition) is 1. The normalized spacial score (nSPS) is 10.7. The van der Waals surface area contributed by atoms with Gasteiger partial charge in [0, 0.05) is 16.4 Å². The van der Waals surface area contributed by atoms with Gasteiger partial charge in [-0.2, -0.15) is 0 Å². The molecule has 0 saturated carbocycles. The molecular weight excluding hydrogens is 340 g/mol. The monoisotopic (exact) mass is 358 g/mol. The first-order chi connectivity index (χ1) is 10.5. The quantitative estimate of drug-likeness (QED) is 0.780. The number of urea groups is 1. The van der Waals surface area contributed by atoms with Crippen molar-refractivity contribution in [2.75, 3.05) is 5.32 Å². The molecule has 0 fully saturated rings. The van der Waals surface area contributed by atoms with Gasteiger partial charge in [0.05, 0.1) is 0 Å². The maximum atomic E-state index is 12.0. The summed E-state index contributed by atoms with van der Waals surface area (Å²) in [6.45, 7) is 6.03. The zero-order chi connectivity index (χ0) is 16.1. The number of amides is 2. The Morgan fingerprint density at radius 2 is 1.64 bits per heavy atom. The lowest BCUT2D eigenvalue weighted by molar-refractivity contribution is 0.255. The van der Waals surface area contributed by atoms with Crippen LogP contribution in [0.3, 0.4) is 0 Å². The molecule has 22 heavy (non-hydrogen) atoms. The largest absolute Gasteiger partial charge is 0.323 e. The molecule has 3 nitrogen and oxygen atoms in total. The first-order valence-electron chi connectivity index (χ1n) is 7.03. The molecule has 0 aliphatic heterocycles. The SMILES string of the molecule is Cc1cc(C)c(NC(=O)N/C=C/c2ccc(Br)cc2)c(C)c1. The average molecular weight is 359 g/mol. The fourth-order valence-corrected chi connectivity index (χ4v) is 2.58. The summed E-state index contributed by atoms with van der Waals surface area (Å²) in [6.07, 6.45) is 3.48. The van der Waals surface area contributed by atoms with Crippen LogP contribution >= 0.6 is 15.9 Å². The molecule has 0 spiro atoms. The summed E-state index contributed by atoms with van der Waals surface area (Å²) in [4.78, 5) is 12.0. The van der Waals surface area contributed by atoms with Crippen molar-refractivity contribution in [3.8, 4) is 0 Å². The lowest BCUT2D eigenvalue weighted by Crippen LogP contribution is -2.24. The van der Waals surface area contributed by atoms with Crippen molar-refractivity contribution in [3.63, 3.8) is 0 Å². The molecule has 2 aromatic rings. The Hall–Kier alpha value is -2.07. The molecule has 0 saturated heterocycles. The molecule has 0 aromatic heterocycles. The van der Waals surface area contributed by atoms with Gasteiger partial charge in [-0.15, -0.1) is 0 Å². The molecule has 0 atom stereocenters. The molecule has 2 aromatic carbocycles. The molecule has 0 heterocycles. The van der Waals surface area contributed by atoms with Gasteiger partial charge in [0.1, 0.15) is 0 Å². The zero-order valence-corrected chi connectivity index (χ0v) is 14.5. The molecule has 2 N–H and O–H groups in total. The van der Waals surface area contributed by atoms with Crippen molar-refractivity contribution in [1.29, 1.82) is 0 Å². The van der Waals surface area contributed by atoms with Crippen LogP contribution in [0, 0.1) is 20.8 Å². The van der Waals surface area contributed by atoms with Crippen molar-refractivity contribution in [2.24, 2.45) is 0 Å². The lowest BCUT2D eigenvalue weighted by Gasteiger charge is -2.12. The van der Waals surface area contributed by atoms with Gasteiger partial charge in [-0.3, -0.25) is 0 Å². The van der Waals surface area contributed by atoms with Gasteiger partial charge < -0.3 is 10.6 Å². The summed E-state index contributed by atoms with van der Waals surface area (Å²) in [5.41, 5.74) is 5.19. The highest BCUT2D eigenvalue weighted by atomic mass is 79.9. The van der Waals surface area contributed by atoms with E-state index in [4.69, 9.17) is 0 Å². The first-order valence-corrected chi connectivity index (χ1v) is 7.82. The van der Waals surface area contributed by atoms with Crippen LogP contribution in [0.4, 0.5) is 10.5 Å². The summed E-state index contributed by atoms with van der Waals surface area (Å²) in [6, 6.07) is 11.7. The Balaban J connectivity index is 1.97. The summed E-state index contributed by atoms with van der Waals surface area (Å²) in [5, 5.41) is 5.61. The number of aryl methyl sites for hydroxylation is 3. The first kappa shape index (κ1) is 16.3. The smallest absolute Gasteiger partial charge is 0.314 e. The highest BCUT2D eigenvalue weighted by molar-refractivity contribution is 9.10. The van der Waals surface area contributed by atoms with Crippen molar-refractivity contribution < 1.29 is 4.79 Å². The number of hydrogen-bond donors (Lipinski definition) is 2. The van der Waals surface area contributed by atoms with Gasteiger partial charge in [-0.05, 0) is 55.7 Å². The van der Waals surface area contributed by atoms with E-state index < -0.39 is 0 Å². The Labute approximate surface area is 139 Å². The van der Waals surface area contributed by atoms with Crippen LogP contribution in [0.1, 0.15) is 22.3 Å². The molecule has 2 amide bonds. The Morgan fingerprint density at radius 1 is 1.05 bits per heavy atom. The van der Waals surface area contributed by atoms with Crippen LogP contribution in [0.2, 0.25) is 0 Å². The van der Waals surface area contributed by atoms with Crippen LogP contribution < -0.4 is 10.6 Å². The molecule has 0 aliphatic carbocycles. The Bertz CT molecular complexity index is 683. The van der Waals surface area contributed by atoms with Gasteiger partial charge in [0.15, 0.2) is 0 Å². The van der Waals surface area contributed by atoms with Crippen LogP contribution in [0.15, 0.2) is 47.1 Å². The van der Waals surface area contributed by atoms with Gasteiger partial charge in [-0.1, -0.05) is 45.8 Å². The molecule has 0 bridgehead atoms. The fourth-order valence-electron chi connectivity index (χ4n) is 2.31. The summed E-state index contributed by atoms with van der Waals surface area (Å²) in [7, 11) is 0. The van der Waals surface area contributed by atoms with Crippen LogP contribution in [-0.4, -0.2) is 6.03 Å². The number of nitrogens with one attached hydrogen (secondary N) is 2. The van der Waals surface area contributed by atoms with Gasteiger partial charge in [-0.25, -0.2) is 4.79 Å². The number of benzene rings is 2. The average Bonchev–Trinajstić information content (AvgIpc) is 2.45. The standard InChI is InChI=1S/C18H19BrN2O/c1-12-10-13(2)17(14(3)11-12)21-18(22)20-9-8-15-4-6-16(19)7-5-15/h4-11H,1-3H3,(H2,20,21,22)/b9-8+. The van der Waals surface area contributed by atoms with Crippen molar-refractivity contribution >= 4 is 33.7 Å². The molecule has 4 heteroatoms. The van der Waals surface area contributed by atoms with E-state index in [1.807, 2.05) is 51.1 Å². The zero-order valence-electron chi connectivity index (χ0n) is 12.9. The van der Waals surface area contributed by atoms with E-state index in [0.717, 1.165) is 26.9 Å². The van der Waals surface area contributed by atoms with E-state index in [1.54, 1.807) is 6.20 Å². The second kappa shape index (κ2) is 7.27. The van der Waals surface area contributed by atoms with E-state index in [-0.39, 0.29) is 6.03 Å². The van der Waals surface area contributed by atoms with E-state index in [9.17, 15) is 4.79 Å². The van der Waals surface area contributed by atoms with Crippen molar-refractivity contribution in [3.05, 3.63) is 69.3 Å². The van der Waals surface area contributed by atoms with E-state index in [0.29, 0.717) is 0 Å². The predicted octanol–water partition coefficient (Wildman–Crippen LogP) is 5.17. The predicted molar refractivity (Wildman–Crippen MR) is 96.0 cm³/mol. The summed E-state index contributed by atoms with van der Waals surface area (Å²) in [5.74, 6) is 0. The highest BCUT2D eigenvalue weighted by Crippen LogP contribution is 2.21. The number of rotatable bonds is 3. The van der Waals surface area contributed by atoms with Crippen LogP contribution in [-0.2, 0) is 0 Å². The third-order valence-corrected chi connectivity index (χ3v) is 3.80. The summed E-state index contributed by atoms with van der Waals surface area (Å²) >= 11 is 3.39. The van der Waals surface area contributed by atoms with E-state index >= 15 is 0 Å². The Morgan fingerprint density at radius 3 is 2.23 bits per heavy atom. The maximum Gasteiger partial charge on any atom is 0.323 e. The molecule has 0 unspecified atom stereocenters. The third kappa shape index (κ3) is 4.46. The number of carbonyl (C=O) groups is 1.